The van der Waals surface area contributed by atoms with Crippen molar-refractivity contribution in [1.29, 1.82) is 0 Å². The van der Waals surface area contributed by atoms with Gasteiger partial charge in [0.05, 0.1) is 0 Å². The zero-order chi connectivity index (χ0) is 7.68. The van der Waals surface area contributed by atoms with Crippen LogP contribution in [0.3, 0.4) is 0 Å². The van der Waals surface area contributed by atoms with Gasteiger partial charge in [0.1, 0.15) is 11.3 Å². The predicted octanol–water partition coefficient (Wildman–Crippen LogP) is 1.46. The van der Waals surface area contributed by atoms with Gasteiger partial charge in [-0.2, -0.15) is 0 Å². The molecule has 0 spiro atoms. The molecule has 0 amide bonds. The van der Waals surface area contributed by atoms with Gasteiger partial charge < -0.3 is 5.11 Å². The molecule has 0 atom stereocenters. The Morgan fingerprint density at radius 3 is 2.58 bits per heavy atom. The van der Waals surface area contributed by atoms with E-state index >= 15 is 0 Å². The smallest absolute Gasteiger partial charge is 0.141 e. The zero-order valence-electron chi connectivity index (χ0n) is 6.31. The molecule has 1 N–H and O–H groups in total. The molecule has 3 nitrogen and oxygen atoms in total. The highest BCUT2D eigenvalue weighted by Crippen LogP contribution is 2.20. The molecule has 1 heterocycles. The minimum absolute atomic E-state index is 0. The first-order chi connectivity index (χ1) is 5.38. The molecule has 1 aromatic carbocycles. The summed E-state index contributed by atoms with van der Waals surface area (Å²) < 4.78 is 0. The minimum atomic E-state index is 0. The van der Waals surface area contributed by atoms with Crippen molar-refractivity contribution in [2.75, 3.05) is 0 Å². The molecule has 0 fully saturated rings. The summed E-state index contributed by atoms with van der Waals surface area (Å²) in [6, 6.07) is 9.13. The van der Waals surface area contributed by atoms with Gasteiger partial charge in [0.25, 0.3) is 0 Å². The van der Waals surface area contributed by atoms with E-state index in [2.05, 4.69) is 4.98 Å². The van der Waals surface area contributed by atoms with Crippen molar-refractivity contribution in [3.8, 4) is 5.75 Å². The number of aromatic nitrogens is 1. The molecule has 0 saturated heterocycles. The highest BCUT2D eigenvalue weighted by Gasteiger charge is 1.96. The van der Waals surface area contributed by atoms with Gasteiger partial charge in [0.2, 0.25) is 0 Å². The fraction of sp³-hybridized carbons (Fsp3) is 0. The van der Waals surface area contributed by atoms with E-state index in [1.54, 1.807) is 18.3 Å². The summed E-state index contributed by atoms with van der Waals surface area (Å²) in [6.45, 7) is 0. The van der Waals surface area contributed by atoms with Gasteiger partial charge in [-0.3, -0.25) is 4.98 Å². The highest BCUT2D eigenvalue weighted by atomic mass is 16.3. The van der Waals surface area contributed by atoms with E-state index in [9.17, 15) is 5.11 Å². The Hall–Kier alpha value is -1.61. The van der Waals surface area contributed by atoms with Gasteiger partial charge in [-0.05, 0) is 12.1 Å². The molecule has 12 heavy (non-hydrogen) atoms. The van der Waals surface area contributed by atoms with Crippen LogP contribution in [0.15, 0.2) is 36.5 Å². The summed E-state index contributed by atoms with van der Waals surface area (Å²) in [5, 5.41) is 10.3. The molecule has 0 saturated carbocycles. The third kappa shape index (κ3) is 1.22. The molecular formula is C9H7N2O. The lowest BCUT2D eigenvalue weighted by Crippen LogP contribution is -1.76. The first-order valence-electron chi connectivity index (χ1n) is 3.40. The second kappa shape index (κ2) is 3.19. The van der Waals surface area contributed by atoms with Gasteiger partial charge in [0.15, 0.2) is 0 Å². The lowest BCUT2D eigenvalue weighted by atomic mass is 10.2. The Bertz CT molecular complexity index is 382. The largest absolute Gasteiger partial charge is 0.506 e. The molecule has 0 unspecified atom stereocenters. The summed E-state index contributed by atoms with van der Waals surface area (Å²) in [7, 11) is 0. The molecule has 0 aliphatic rings. The maximum atomic E-state index is 9.31. The van der Waals surface area contributed by atoms with Crippen LogP contribution in [-0.2, 0) is 0 Å². The first kappa shape index (κ1) is 8.49. The Morgan fingerprint density at radius 2 is 1.83 bits per heavy atom. The maximum absolute atomic E-state index is 9.31. The Kier molecular flexibility index (Phi) is 2.26. The van der Waals surface area contributed by atoms with Crippen LogP contribution in [0.5, 0.6) is 5.75 Å². The summed E-state index contributed by atoms with van der Waals surface area (Å²) >= 11 is 0. The second-order valence-corrected chi connectivity index (χ2v) is 2.35. The number of fused-ring (bicyclic) bond motifs is 1. The van der Waals surface area contributed by atoms with Crippen molar-refractivity contribution in [3.05, 3.63) is 36.5 Å². The number of pyridine rings is 1. The number of hydrogen-bond acceptors (Lipinski definition) is 2. The van der Waals surface area contributed by atoms with Gasteiger partial charge in [-0.1, -0.05) is 18.2 Å². The van der Waals surface area contributed by atoms with E-state index in [-0.39, 0.29) is 11.9 Å². The molecule has 3 heteroatoms. The van der Waals surface area contributed by atoms with Crippen molar-refractivity contribution >= 4 is 10.9 Å². The quantitative estimate of drug-likeness (QED) is 0.632. The Labute approximate surface area is 70.3 Å². The molecule has 0 aliphatic carbocycles. The SMILES string of the molecule is Oc1cccc2cccnc12.[N]. The molecule has 1 aromatic heterocycles. The van der Waals surface area contributed by atoms with Crippen molar-refractivity contribution in [2.24, 2.45) is 0 Å². The van der Waals surface area contributed by atoms with Gasteiger partial charge in [-0.15, -0.1) is 0 Å². The van der Waals surface area contributed by atoms with E-state index in [0.29, 0.717) is 5.52 Å². The fourth-order valence-corrected chi connectivity index (χ4v) is 1.09. The van der Waals surface area contributed by atoms with Crippen LogP contribution in [0, 0.1) is 0 Å². The topological polar surface area (TPSA) is 63.6 Å². The average molecular weight is 159 g/mol. The van der Waals surface area contributed by atoms with E-state index in [0.717, 1.165) is 5.39 Å². The van der Waals surface area contributed by atoms with E-state index in [4.69, 9.17) is 0 Å². The molecule has 0 aliphatic heterocycles. The van der Waals surface area contributed by atoms with Crippen LogP contribution in [0.25, 0.3) is 10.9 Å². The number of nitrogens with zero attached hydrogens (tertiary/aromatic N) is 2. The predicted molar refractivity (Wildman–Crippen MR) is 45.5 cm³/mol. The first-order valence-corrected chi connectivity index (χ1v) is 3.40. The monoisotopic (exact) mass is 159 g/mol. The lowest BCUT2D eigenvalue weighted by molar-refractivity contribution is 0.480. The van der Waals surface area contributed by atoms with Crippen LogP contribution in [0.4, 0.5) is 0 Å². The normalized spacial score (nSPS) is 9.33. The number of phenolic OH excluding ortho intramolecular Hbond substituents is 1. The standard InChI is InChI=1S/C9H7NO.N/c11-8-5-1-3-7-4-2-6-10-9(7)8;/h1-6,11H;. The van der Waals surface area contributed by atoms with Crippen molar-refractivity contribution in [2.45, 2.75) is 0 Å². The van der Waals surface area contributed by atoms with Gasteiger partial charge >= 0.3 is 0 Å². The summed E-state index contributed by atoms with van der Waals surface area (Å²) in [6.07, 6.45) is 1.67. The van der Waals surface area contributed by atoms with E-state index in [1.807, 2.05) is 18.2 Å². The Balaban J connectivity index is 0.000000720. The van der Waals surface area contributed by atoms with Crippen LogP contribution in [0.1, 0.15) is 0 Å². The fourth-order valence-electron chi connectivity index (χ4n) is 1.09. The third-order valence-electron chi connectivity index (χ3n) is 1.61. The number of rotatable bonds is 0. The summed E-state index contributed by atoms with van der Waals surface area (Å²) in [4.78, 5) is 4.03. The zero-order valence-corrected chi connectivity index (χ0v) is 6.31. The molecule has 2 aromatic rings. The molecule has 3 radical (unpaired) electrons. The number of aromatic hydroxyl groups is 1. The summed E-state index contributed by atoms with van der Waals surface area (Å²) in [5.41, 5.74) is 0.662. The van der Waals surface area contributed by atoms with E-state index in [1.165, 1.54) is 0 Å². The number of benzene rings is 1. The van der Waals surface area contributed by atoms with Gasteiger partial charge in [0, 0.05) is 17.7 Å². The highest BCUT2D eigenvalue weighted by molar-refractivity contribution is 5.83. The van der Waals surface area contributed by atoms with Crippen LogP contribution in [0.2, 0.25) is 0 Å². The summed E-state index contributed by atoms with van der Waals surface area (Å²) in [5.74, 6) is 0.239. The minimum Gasteiger partial charge on any atom is -0.506 e. The van der Waals surface area contributed by atoms with E-state index < -0.39 is 0 Å². The van der Waals surface area contributed by atoms with Gasteiger partial charge in [-0.25, -0.2) is 0 Å². The number of para-hydroxylation sites is 1. The molecule has 59 valence electrons. The molecule has 0 bridgehead atoms. The second-order valence-electron chi connectivity index (χ2n) is 2.35. The van der Waals surface area contributed by atoms with Crippen molar-refractivity contribution < 1.29 is 5.11 Å². The maximum Gasteiger partial charge on any atom is 0.141 e. The van der Waals surface area contributed by atoms with Crippen LogP contribution < -0.4 is 6.15 Å². The average Bonchev–Trinajstić information content (AvgIpc) is 2.06. The van der Waals surface area contributed by atoms with Crippen LogP contribution in [-0.4, -0.2) is 10.1 Å². The van der Waals surface area contributed by atoms with Crippen molar-refractivity contribution in [1.82, 2.24) is 11.1 Å². The number of phenols is 1. The molecular weight excluding hydrogens is 152 g/mol. The third-order valence-corrected chi connectivity index (χ3v) is 1.61. The van der Waals surface area contributed by atoms with Crippen LogP contribution >= 0.6 is 0 Å². The molecule has 2 rings (SSSR count). The Morgan fingerprint density at radius 1 is 1.08 bits per heavy atom. The van der Waals surface area contributed by atoms with Crippen molar-refractivity contribution in [3.63, 3.8) is 0 Å². The lowest BCUT2D eigenvalue weighted by Gasteiger charge is -1.96. The number of hydrogen-bond donors (Lipinski definition) is 1.